The number of hydrogen-bond acceptors (Lipinski definition) is 5. The summed E-state index contributed by atoms with van der Waals surface area (Å²) in [6, 6.07) is 6.05. The Hall–Kier alpha value is -1.08. The third kappa shape index (κ3) is 4.50. The molecule has 0 saturated carbocycles. The van der Waals surface area contributed by atoms with E-state index in [-0.39, 0.29) is 12.1 Å². The zero-order valence-electron chi connectivity index (χ0n) is 15.1. The van der Waals surface area contributed by atoms with Gasteiger partial charge in [0.25, 0.3) is 0 Å². The number of nitrogens with zero attached hydrogens (tertiary/aromatic N) is 1. The van der Waals surface area contributed by atoms with Gasteiger partial charge in [-0.15, -0.1) is 0 Å². The van der Waals surface area contributed by atoms with Crippen molar-refractivity contribution in [3.8, 4) is 11.5 Å². The lowest BCUT2D eigenvalue weighted by Crippen LogP contribution is -2.44. The highest BCUT2D eigenvalue weighted by molar-refractivity contribution is 6.69. The van der Waals surface area contributed by atoms with Crippen LogP contribution in [0.5, 0.6) is 11.5 Å². The van der Waals surface area contributed by atoms with E-state index >= 15 is 0 Å². The molecule has 1 saturated heterocycles. The maximum Gasteiger partial charge on any atom is 0.184 e. The Balaban J connectivity index is 1.80. The quantitative estimate of drug-likeness (QED) is 0.800. The van der Waals surface area contributed by atoms with Gasteiger partial charge in [-0.05, 0) is 63.3 Å². The first kappa shape index (κ1) is 17.7. The molecule has 24 heavy (non-hydrogen) atoms. The molecule has 0 amide bonds. The van der Waals surface area contributed by atoms with Gasteiger partial charge < -0.3 is 24.5 Å². The van der Waals surface area contributed by atoms with Gasteiger partial charge >= 0.3 is 0 Å². The zero-order chi connectivity index (χ0) is 17.2. The predicted molar refractivity (Wildman–Crippen MR) is 98.3 cm³/mol. The van der Waals surface area contributed by atoms with Crippen molar-refractivity contribution in [1.82, 2.24) is 4.90 Å². The third-order valence-corrected chi connectivity index (χ3v) is 5.39. The molecule has 2 unspecified atom stereocenters. The molecule has 1 aromatic rings. The van der Waals surface area contributed by atoms with E-state index in [1.165, 1.54) is 12.8 Å². The number of rotatable bonds is 6. The first-order chi connectivity index (χ1) is 11.4. The summed E-state index contributed by atoms with van der Waals surface area (Å²) in [6.45, 7) is 11.0. The molecule has 0 spiro atoms. The second-order valence-electron chi connectivity index (χ2n) is 7.73. The standard InChI is InChI=1S/C18H30N2O3Si/c1-24(2,3)23-18(15(19)13-20-8-4-5-9-20)14-6-7-16-17(12-14)22-11-10-21-16/h6-7,12,15,18H,4-5,8-11,13,19H2,1-3H3. The van der Waals surface area contributed by atoms with Crippen LogP contribution in [0.2, 0.25) is 19.6 Å². The number of likely N-dealkylation sites (tertiary alicyclic amines) is 1. The van der Waals surface area contributed by atoms with Gasteiger partial charge in [0, 0.05) is 12.6 Å². The molecule has 2 aliphatic heterocycles. The molecular formula is C18H30N2O3Si. The van der Waals surface area contributed by atoms with Crippen LogP contribution in [-0.4, -0.2) is 52.1 Å². The van der Waals surface area contributed by atoms with Crippen LogP contribution in [0, 0.1) is 0 Å². The summed E-state index contributed by atoms with van der Waals surface area (Å²) in [4.78, 5) is 2.45. The maximum absolute atomic E-state index is 6.60. The molecule has 5 nitrogen and oxygen atoms in total. The van der Waals surface area contributed by atoms with Gasteiger partial charge in [0.1, 0.15) is 13.2 Å². The number of hydrogen-bond donors (Lipinski definition) is 1. The van der Waals surface area contributed by atoms with E-state index in [0.29, 0.717) is 13.2 Å². The second-order valence-corrected chi connectivity index (χ2v) is 12.2. The van der Waals surface area contributed by atoms with E-state index in [1.807, 2.05) is 12.1 Å². The summed E-state index contributed by atoms with van der Waals surface area (Å²) in [5.41, 5.74) is 7.69. The molecule has 2 N–H and O–H groups in total. The molecule has 1 aromatic carbocycles. The topological polar surface area (TPSA) is 57.0 Å². The van der Waals surface area contributed by atoms with E-state index in [9.17, 15) is 0 Å². The van der Waals surface area contributed by atoms with Crippen LogP contribution in [0.15, 0.2) is 18.2 Å². The van der Waals surface area contributed by atoms with Gasteiger partial charge in [0.2, 0.25) is 0 Å². The Labute approximate surface area is 146 Å². The van der Waals surface area contributed by atoms with Crippen molar-refractivity contribution in [3.63, 3.8) is 0 Å². The Morgan fingerprint density at radius 2 is 1.79 bits per heavy atom. The van der Waals surface area contributed by atoms with Crippen molar-refractivity contribution in [2.75, 3.05) is 32.8 Å². The first-order valence-electron chi connectivity index (χ1n) is 8.98. The van der Waals surface area contributed by atoms with E-state index in [1.54, 1.807) is 0 Å². The normalized spacial score (nSPS) is 20.8. The average Bonchev–Trinajstić information content (AvgIpc) is 3.04. The average molecular weight is 351 g/mol. The molecule has 3 rings (SSSR count). The minimum absolute atomic E-state index is 0.0441. The Bertz CT molecular complexity index is 556. The van der Waals surface area contributed by atoms with Crippen LogP contribution in [0.1, 0.15) is 24.5 Å². The Morgan fingerprint density at radius 3 is 2.46 bits per heavy atom. The van der Waals surface area contributed by atoms with Gasteiger partial charge in [-0.25, -0.2) is 0 Å². The molecule has 1 fully saturated rings. The molecule has 0 bridgehead atoms. The van der Waals surface area contributed by atoms with Gasteiger partial charge in [-0.2, -0.15) is 0 Å². The van der Waals surface area contributed by atoms with Crippen molar-refractivity contribution >= 4 is 8.32 Å². The van der Waals surface area contributed by atoms with Gasteiger partial charge in [-0.3, -0.25) is 0 Å². The molecule has 2 aliphatic rings. The lowest BCUT2D eigenvalue weighted by molar-refractivity contribution is 0.139. The maximum atomic E-state index is 6.60. The highest BCUT2D eigenvalue weighted by Gasteiger charge is 2.30. The molecule has 134 valence electrons. The second kappa shape index (κ2) is 7.43. The number of fused-ring (bicyclic) bond motifs is 1. The minimum atomic E-state index is -1.73. The zero-order valence-corrected chi connectivity index (χ0v) is 16.1. The minimum Gasteiger partial charge on any atom is -0.486 e. The summed E-state index contributed by atoms with van der Waals surface area (Å²) < 4.78 is 17.8. The van der Waals surface area contributed by atoms with Crippen molar-refractivity contribution in [1.29, 1.82) is 0 Å². The lowest BCUT2D eigenvalue weighted by Gasteiger charge is -2.33. The summed E-state index contributed by atoms with van der Waals surface area (Å²) in [5.74, 6) is 1.61. The van der Waals surface area contributed by atoms with E-state index < -0.39 is 8.32 Å². The fraction of sp³-hybridized carbons (Fsp3) is 0.667. The summed E-state index contributed by atoms with van der Waals surface area (Å²) in [5, 5.41) is 0. The summed E-state index contributed by atoms with van der Waals surface area (Å²) >= 11 is 0. The molecule has 6 heteroatoms. The summed E-state index contributed by atoms with van der Waals surface area (Å²) in [7, 11) is -1.73. The van der Waals surface area contributed by atoms with Crippen molar-refractivity contribution < 1.29 is 13.9 Å². The SMILES string of the molecule is C[Si](C)(C)OC(c1ccc2c(c1)OCCO2)C(N)CN1CCCC1. The first-order valence-corrected chi connectivity index (χ1v) is 12.4. The number of benzene rings is 1. The molecule has 2 atom stereocenters. The van der Waals surface area contributed by atoms with Crippen molar-refractivity contribution in [3.05, 3.63) is 23.8 Å². The molecule has 0 aromatic heterocycles. The highest BCUT2D eigenvalue weighted by Crippen LogP contribution is 2.35. The predicted octanol–water partition coefficient (Wildman–Crippen LogP) is 2.77. The number of ether oxygens (including phenoxy) is 2. The van der Waals surface area contributed by atoms with Crippen LogP contribution in [-0.2, 0) is 4.43 Å². The van der Waals surface area contributed by atoms with Gasteiger partial charge in [0.15, 0.2) is 19.8 Å². The monoisotopic (exact) mass is 350 g/mol. The van der Waals surface area contributed by atoms with Crippen LogP contribution >= 0.6 is 0 Å². The Morgan fingerprint density at radius 1 is 1.12 bits per heavy atom. The largest absolute Gasteiger partial charge is 0.486 e. The summed E-state index contributed by atoms with van der Waals surface area (Å²) in [6.07, 6.45) is 2.44. The smallest absolute Gasteiger partial charge is 0.184 e. The molecule has 0 aliphatic carbocycles. The highest BCUT2D eigenvalue weighted by atomic mass is 28.4. The Kier molecular flexibility index (Phi) is 5.49. The third-order valence-electron chi connectivity index (χ3n) is 4.43. The van der Waals surface area contributed by atoms with Crippen LogP contribution < -0.4 is 15.2 Å². The van der Waals surface area contributed by atoms with Gasteiger partial charge in [-0.1, -0.05) is 6.07 Å². The van der Waals surface area contributed by atoms with Crippen molar-refractivity contribution in [2.45, 2.75) is 44.6 Å². The lowest BCUT2D eigenvalue weighted by atomic mass is 10.0. The number of nitrogens with two attached hydrogens (primary N) is 1. The van der Waals surface area contributed by atoms with Gasteiger partial charge in [0.05, 0.1) is 6.10 Å². The molecule has 2 heterocycles. The van der Waals surface area contributed by atoms with E-state index in [2.05, 4.69) is 30.6 Å². The fourth-order valence-corrected chi connectivity index (χ4v) is 4.45. The molecular weight excluding hydrogens is 320 g/mol. The fourth-order valence-electron chi connectivity index (χ4n) is 3.38. The van der Waals surface area contributed by atoms with Crippen LogP contribution in [0.25, 0.3) is 0 Å². The van der Waals surface area contributed by atoms with Crippen LogP contribution in [0.3, 0.4) is 0 Å². The van der Waals surface area contributed by atoms with Crippen molar-refractivity contribution in [2.24, 2.45) is 5.73 Å². The van der Waals surface area contributed by atoms with E-state index in [4.69, 9.17) is 19.6 Å². The van der Waals surface area contributed by atoms with Crippen LogP contribution in [0.4, 0.5) is 0 Å². The van der Waals surface area contributed by atoms with E-state index in [0.717, 1.165) is 36.7 Å². The molecule has 0 radical (unpaired) electrons.